The lowest BCUT2D eigenvalue weighted by molar-refractivity contribution is -0.274. The van der Waals surface area contributed by atoms with Gasteiger partial charge in [0.25, 0.3) is 0 Å². The Morgan fingerprint density at radius 3 is 2.10 bits per heavy atom. The van der Waals surface area contributed by atoms with E-state index in [1.807, 2.05) is 30.3 Å². The number of aromatic hydroxyl groups is 1. The molecule has 13 heteroatoms. The Bertz CT molecular complexity index is 2510. The number of para-hydroxylation sites is 1. The molecule has 3 fully saturated rings. The lowest BCUT2D eigenvalue weighted by atomic mass is 9.49. The molecule has 9 rings (SSSR count). The van der Waals surface area contributed by atoms with Gasteiger partial charge in [-0.05, 0) is 97.1 Å². The Labute approximate surface area is 335 Å². The minimum absolute atomic E-state index is 0.0493. The van der Waals surface area contributed by atoms with Crippen molar-refractivity contribution in [3.63, 3.8) is 0 Å². The molecule has 4 aliphatic rings. The molecule has 0 radical (unpaired) electrons. The van der Waals surface area contributed by atoms with Crippen LogP contribution in [-0.4, -0.2) is 35.1 Å². The predicted octanol–water partition coefficient (Wildman–Crippen LogP) is 9.05. The molecule has 9 nitrogen and oxygen atoms in total. The zero-order valence-corrected chi connectivity index (χ0v) is 31.2. The van der Waals surface area contributed by atoms with Crippen molar-refractivity contribution in [3.05, 3.63) is 155 Å². The first-order valence-corrected chi connectivity index (χ1v) is 19.0. The Hall–Kier alpha value is -6.40. The minimum atomic E-state index is -5.08. The maximum Gasteiger partial charge on any atom is 0.573 e. The smallest absolute Gasteiger partial charge is 0.508 e. The highest BCUT2D eigenvalue weighted by atomic mass is 35.5. The van der Waals surface area contributed by atoms with E-state index in [2.05, 4.69) is 10.1 Å². The number of hydrogen-bond donors (Lipinski definition) is 2. The van der Waals surface area contributed by atoms with Gasteiger partial charge in [0.1, 0.15) is 11.5 Å². The fourth-order valence-electron chi connectivity index (χ4n) is 9.69. The average molecular weight is 804 g/mol. The molecule has 58 heavy (non-hydrogen) atoms. The van der Waals surface area contributed by atoms with Crippen molar-refractivity contribution >= 4 is 58.0 Å². The monoisotopic (exact) mass is 803 g/mol. The topological polar surface area (TPSA) is 116 Å². The first-order valence-electron chi connectivity index (χ1n) is 18.6. The second-order valence-corrected chi connectivity index (χ2v) is 15.3. The van der Waals surface area contributed by atoms with E-state index in [-0.39, 0.29) is 29.1 Å². The van der Waals surface area contributed by atoms with Crippen molar-refractivity contribution in [1.82, 2.24) is 0 Å². The van der Waals surface area contributed by atoms with E-state index in [1.54, 1.807) is 78.9 Å². The predicted molar refractivity (Wildman–Crippen MR) is 210 cm³/mol. The second-order valence-electron chi connectivity index (χ2n) is 14.9. The lowest BCUT2D eigenvalue weighted by Crippen LogP contribution is -2.53. The van der Waals surface area contributed by atoms with Crippen molar-refractivity contribution in [3.8, 4) is 11.5 Å². The van der Waals surface area contributed by atoms with Crippen LogP contribution in [0.15, 0.2) is 139 Å². The molecule has 6 unspecified atom stereocenters. The van der Waals surface area contributed by atoms with E-state index in [1.165, 1.54) is 6.07 Å². The number of rotatable bonds is 7. The lowest BCUT2D eigenvalue weighted by Gasteiger charge is -2.50. The summed E-state index contributed by atoms with van der Waals surface area (Å²) >= 11 is 6.36. The Morgan fingerprint density at radius 2 is 1.41 bits per heavy atom. The third-order valence-electron chi connectivity index (χ3n) is 11.9. The fourth-order valence-corrected chi connectivity index (χ4v) is 9.87. The summed E-state index contributed by atoms with van der Waals surface area (Å²) in [5, 5.41) is 15.1. The summed E-state index contributed by atoms with van der Waals surface area (Å²) < 4.78 is 45.3. The maximum absolute atomic E-state index is 15.4. The number of amides is 4. The number of carbonyl (C=O) groups is 4. The number of hydrogen-bond acceptors (Lipinski definition) is 7. The number of carbonyl (C=O) groups excluding carboxylic acids is 4. The first kappa shape index (κ1) is 37.2. The minimum Gasteiger partial charge on any atom is -0.508 e. The number of allylic oxidation sites excluding steroid dienone is 2. The molecule has 4 amide bonds. The first-order chi connectivity index (χ1) is 27.9. The molecule has 2 aliphatic carbocycles. The molecule has 5 aromatic carbocycles. The van der Waals surface area contributed by atoms with Gasteiger partial charge in [-0.15, -0.1) is 13.2 Å². The van der Waals surface area contributed by atoms with Crippen LogP contribution in [0.4, 0.5) is 35.9 Å². The molecular weight excluding hydrogens is 771 g/mol. The molecule has 2 heterocycles. The molecule has 2 N–H and O–H groups in total. The summed E-state index contributed by atoms with van der Waals surface area (Å²) in [5.41, 5.74) is 1.03. The summed E-state index contributed by atoms with van der Waals surface area (Å²) in [6.07, 6.45) is -3.31. The van der Waals surface area contributed by atoms with Crippen LogP contribution in [-0.2, 0) is 24.6 Å². The van der Waals surface area contributed by atoms with E-state index < -0.39 is 76.5 Å². The number of benzene rings is 5. The number of alkyl halides is 3. The largest absolute Gasteiger partial charge is 0.573 e. The van der Waals surface area contributed by atoms with Crippen LogP contribution in [0.25, 0.3) is 0 Å². The molecule has 2 saturated heterocycles. The molecule has 0 bridgehead atoms. The molecule has 6 atom stereocenters. The van der Waals surface area contributed by atoms with E-state index >= 15 is 4.79 Å². The SMILES string of the molecule is O=C1C2CC=C3C(CC4C(=O)N(c5cccc(Cl)c5)C(=O)C4(c4ccccc4)C3c3cc(OC(F)(F)F)ccc3O)C2C(=O)N1c1ccc(Nc2ccccc2)cc1. The number of phenols is 1. The number of fused-ring (bicyclic) bond motifs is 4. The highest BCUT2D eigenvalue weighted by molar-refractivity contribution is 6.32. The number of nitrogens with one attached hydrogen (secondary N) is 1. The molecule has 2 aliphatic heterocycles. The zero-order valence-electron chi connectivity index (χ0n) is 30.4. The van der Waals surface area contributed by atoms with Crippen LogP contribution in [0.2, 0.25) is 5.02 Å². The van der Waals surface area contributed by atoms with Crippen molar-refractivity contribution < 1.29 is 42.2 Å². The van der Waals surface area contributed by atoms with Gasteiger partial charge in [-0.3, -0.25) is 24.1 Å². The highest BCUT2D eigenvalue weighted by Gasteiger charge is 2.70. The van der Waals surface area contributed by atoms with Crippen LogP contribution in [0.1, 0.15) is 29.9 Å². The number of halogens is 4. The van der Waals surface area contributed by atoms with Gasteiger partial charge in [0, 0.05) is 27.9 Å². The van der Waals surface area contributed by atoms with Crippen LogP contribution in [0.5, 0.6) is 11.5 Å². The Balaban J connectivity index is 1.19. The van der Waals surface area contributed by atoms with Gasteiger partial charge in [0.2, 0.25) is 23.6 Å². The Kier molecular flexibility index (Phi) is 8.92. The molecule has 0 aromatic heterocycles. The highest BCUT2D eigenvalue weighted by Crippen LogP contribution is 2.65. The molecule has 1 saturated carbocycles. The van der Waals surface area contributed by atoms with Gasteiger partial charge in [0.15, 0.2) is 0 Å². The third kappa shape index (κ3) is 5.93. The van der Waals surface area contributed by atoms with Crippen LogP contribution < -0.4 is 19.9 Å². The van der Waals surface area contributed by atoms with Crippen molar-refractivity contribution in [1.29, 1.82) is 0 Å². The average Bonchev–Trinajstić information content (AvgIpc) is 3.60. The van der Waals surface area contributed by atoms with E-state index in [0.717, 1.165) is 39.4 Å². The Morgan fingerprint density at radius 1 is 0.724 bits per heavy atom. The second kappa shape index (κ2) is 13.9. The van der Waals surface area contributed by atoms with E-state index in [4.69, 9.17) is 11.6 Å². The summed E-state index contributed by atoms with van der Waals surface area (Å²) in [6.45, 7) is 0. The number of ether oxygens (including phenoxy) is 1. The molecular formula is C45H33ClF3N3O6. The maximum atomic E-state index is 15.4. The van der Waals surface area contributed by atoms with Crippen molar-refractivity contribution in [2.45, 2.75) is 30.5 Å². The van der Waals surface area contributed by atoms with Gasteiger partial charge in [-0.25, -0.2) is 4.90 Å². The van der Waals surface area contributed by atoms with Gasteiger partial charge in [0.05, 0.1) is 34.5 Å². The van der Waals surface area contributed by atoms with Gasteiger partial charge >= 0.3 is 6.36 Å². The van der Waals surface area contributed by atoms with Crippen LogP contribution in [0, 0.1) is 23.7 Å². The van der Waals surface area contributed by atoms with Crippen LogP contribution >= 0.6 is 11.6 Å². The summed E-state index contributed by atoms with van der Waals surface area (Å²) in [7, 11) is 0. The summed E-state index contributed by atoms with van der Waals surface area (Å²) in [5.74, 6) is -8.41. The quantitative estimate of drug-likeness (QED) is 0.125. The van der Waals surface area contributed by atoms with Gasteiger partial charge in [-0.2, -0.15) is 0 Å². The van der Waals surface area contributed by atoms with E-state index in [9.17, 15) is 32.7 Å². The van der Waals surface area contributed by atoms with E-state index in [0.29, 0.717) is 16.8 Å². The molecule has 292 valence electrons. The molecule has 5 aromatic rings. The number of imide groups is 2. The number of phenolic OH excluding ortho intramolecular Hbond substituents is 1. The van der Waals surface area contributed by atoms with Gasteiger partial charge < -0.3 is 15.2 Å². The standard InChI is InChI=1S/C45H33ClF3N3O6/c46-26-10-7-13-30(22-26)52-41(55)36-24-34-32(19-20-33-38(34)42(56)51(40(33)54)29-16-14-28(15-17-29)50-27-11-5-2-6-12-27)39(44(36,43(52)57)25-8-3-1-4-9-25)35-23-31(18-21-37(35)53)58-45(47,48)49/h1-19,21-23,33-34,36,38-39,50,53H,20,24H2. The third-order valence-corrected chi connectivity index (χ3v) is 12.1. The van der Waals surface area contributed by atoms with Crippen molar-refractivity contribution in [2.75, 3.05) is 15.1 Å². The zero-order chi connectivity index (χ0) is 40.5. The molecule has 0 spiro atoms. The van der Waals surface area contributed by atoms with Gasteiger partial charge in [-0.1, -0.05) is 77.8 Å². The fraction of sp³-hybridized carbons (Fsp3) is 0.200. The number of anilines is 4. The van der Waals surface area contributed by atoms with Crippen LogP contribution in [0.3, 0.4) is 0 Å². The van der Waals surface area contributed by atoms with Crippen molar-refractivity contribution in [2.24, 2.45) is 23.7 Å². The number of nitrogens with zero attached hydrogens (tertiary/aromatic N) is 2. The summed E-state index contributed by atoms with van der Waals surface area (Å²) in [4.78, 5) is 61.5. The summed E-state index contributed by atoms with van der Waals surface area (Å²) in [6, 6.07) is 34.0. The normalized spacial score (nSPS) is 25.2.